The van der Waals surface area contributed by atoms with E-state index >= 15 is 0 Å². The number of hydrogen-bond acceptors (Lipinski definition) is 2. The Morgan fingerprint density at radius 3 is 2.76 bits per heavy atom. The average molecular weight is 300 g/mol. The van der Waals surface area contributed by atoms with Gasteiger partial charge in [-0.2, -0.15) is 0 Å². The third-order valence-corrected chi connectivity index (χ3v) is 5.21. The molecule has 3 rings (SSSR count). The van der Waals surface area contributed by atoms with E-state index < -0.39 is 0 Å². The highest BCUT2D eigenvalue weighted by atomic mass is 32.2. The van der Waals surface area contributed by atoms with Gasteiger partial charge in [-0.15, -0.1) is 11.8 Å². The van der Waals surface area contributed by atoms with Crippen molar-refractivity contribution < 1.29 is 4.79 Å². The third-order valence-electron chi connectivity index (χ3n) is 3.96. The minimum absolute atomic E-state index is 0.162. The van der Waals surface area contributed by atoms with Gasteiger partial charge in [0.2, 0.25) is 0 Å². The maximum atomic E-state index is 12.4. The van der Waals surface area contributed by atoms with Crippen LogP contribution in [-0.4, -0.2) is 34.2 Å². The monoisotopic (exact) mass is 300 g/mol. The maximum Gasteiger partial charge on any atom is 0.270 e. The lowest BCUT2D eigenvalue weighted by Crippen LogP contribution is -2.30. The second-order valence-electron chi connectivity index (χ2n) is 5.53. The molecule has 2 heterocycles. The second kappa shape index (κ2) is 6.39. The number of rotatable bonds is 4. The fourth-order valence-corrected chi connectivity index (χ4v) is 3.78. The summed E-state index contributed by atoms with van der Waals surface area (Å²) in [6.07, 6.45) is 3.03. The topological polar surface area (TPSA) is 25.2 Å². The molecule has 1 aliphatic rings. The van der Waals surface area contributed by atoms with Crippen LogP contribution in [0.5, 0.6) is 0 Å². The van der Waals surface area contributed by atoms with Crippen molar-refractivity contribution in [3.05, 3.63) is 54.4 Å². The SMILES string of the molecule is Cn1cccc1C(=O)N1CC[C@@H](CSc2ccccc2)C1. The molecule has 2 aromatic rings. The van der Waals surface area contributed by atoms with Crippen LogP contribution in [0, 0.1) is 5.92 Å². The number of hydrogen-bond donors (Lipinski definition) is 0. The van der Waals surface area contributed by atoms with Crippen molar-refractivity contribution in [2.24, 2.45) is 13.0 Å². The van der Waals surface area contributed by atoms with Gasteiger partial charge in [0, 0.05) is 37.0 Å². The molecule has 1 atom stereocenters. The summed E-state index contributed by atoms with van der Waals surface area (Å²) in [5.74, 6) is 1.84. The van der Waals surface area contributed by atoms with Crippen LogP contribution in [-0.2, 0) is 7.05 Å². The number of carbonyl (C=O) groups is 1. The standard InChI is InChI=1S/C17H20N2OS/c1-18-10-5-8-16(18)17(20)19-11-9-14(12-19)13-21-15-6-3-2-4-7-15/h2-8,10,14H,9,11-13H2,1H3/t14-/m1/s1. The summed E-state index contributed by atoms with van der Waals surface area (Å²) in [4.78, 5) is 15.7. The van der Waals surface area contributed by atoms with Gasteiger partial charge in [-0.25, -0.2) is 0 Å². The van der Waals surface area contributed by atoms with E-state index in [0.717, 1.165) is 31.0 Å². The van der Waals surface area contributed by atoms with E-state index in [0.29, 0.717) is 5.92 Å². The van der Waals surface area contributed by atoms with Gasteiger partial charge in [-0.3, -0.25) is 4.79 Å². The number of aryl methyl sites for hydroxylation is 1. The molecule has 0 radical (unpaired) electrons. The van der Waals surface area contributed by atoms with Crippen LogP contribution in [0.3, 0.4) is 0 Å². The van der Waals surface area contributed by atoms with Crippen molar-refractivity contribution in [2.75, 3.05) is 18.8 Å². The first-order valence-corrected chi connectivity index (χ1v) is 8.31. The highest BCUT2D eigenvalue weighted by Gasteiger charge is 2.27. The lowest BCUT2D eigenvalue weighted by atomic mass is 10.2. The lowest BCUT2D eigenvalue weighted by molar-refractivity contribution is 0.0779. The number of benzene rings is 1. The zero-order valence-electron chi connectivity index (χ0n) is 12.2. The van der Waals surface area contributed by atoms with Gasteiger partial charge >= 0.3 is 0 Å². The molecule has 21 heavy (non-hydrogen) atoms. The molecule has 0 aliphatic carbocycles. The van der Waals surface area contributed by atoms with E-state index in [9.17, 15) is 4.79 Å². The predicted octanol–water partition coefficient (Wildman–Crippen LogP) is 3.28. The van der Waals surface area contributed by atoms with Crippen molar-refractivity contribution in [1.29, 1.82) is 0 Å². The van der Waals surface area contributed by atoms with Gasteiger partial charge in [0.1, 0.15) is 5.69 Å². The number of likely N-dealkylation sites (tertiary alicyclic amines) is 1. The molecule has 1 saturated heterocycles. The first-order chi connectivity index (χ1) is 10.2. The average Bonchev–Trinajstić information content (AvgIpc) is 3.14. The Bertz CT molecular complexity index is 608. The Hall–Kier alpha value is -1.68. The van der Waals surface area contributed by atoms with Crippen molar-refractivity contribution in [3.63, 3.8) is 0 Å². The van der Waals surface area contributed by atoms with E-state index in [-0.39, 0.29) is 5.91 Å². The molecule has 0 N–H and O–H groups in total. The predicted molar refractivity (Wildman–Crippen MR) is 86.6 cm³/mol. The molecular weight excluding hydrogens is 280 g/mol. The van der Waals surface area contributed by atoms with E-state index in [1.807, 2.05) is 52.7 Å². The van der Waals surface area contributed by atoms with E-state index in [1.165, 1.54) is 4.90 Å². The molecule has 1 amide bonds. The summed E-state index contributed by atoms with van der Waals surface area (Å²) in [5, 5.41) is 0. The molecule has 110 valence electrons. The molecule has 1 aromatic heterocycles. The van der Waals surface area contributed by atoms with E-state index in [4.69, 9.17) is 0 Å². The smallest absolute Gasteiger partial charge is 0.270 e. The summed E-state index contributed by atoms with van der Waals surface area (Å²) in [5.41, 5.74) is 0.784. The van der Waals surface area contributed by atoms with Crippen LogP contribution in [0.2, 0.25) is 0 Å². The Balaban J connectivity index is 1.54. The van der Waals surface area contributed by atoms with Crippen molar-refractivity contribution in [3.8, 4) is 0 Å². The molecule has 1 aliphatic heterocycles. The highest BCUT2D eigenvalue weighted by Crippen LogP contribution is 2.26. The Morgan fingerprint density at radius 2 is 2.05 bits per heavy atom. The second-order valence-corrected chi connectivity index (χ2v) is 6.63. The first kappa shape index (κ1) is 14.3. The quantitative estimate of drug-likeness (QED) is 0.810. The fraction of sp³-hybridized carbons (Fsp3) is 0.353. The van der Waals surface area contributed by atoms with Gasteiger partial charge in [0.25, 0.3) is 5.91 Å². The van der Waals surface area contributed by atoms with Gasteiger partial charge in [0.15, 0.2) is 0 Å². The lowest BCUT2D eigenvalue weighted by Gasteiger charge is -2.17. The Labute approximate surface area is 130 Å². The number of aromatic nitrogens is 1. The molecule has 0 spiro atoms. The zero-order chi connectivity index (χ0) is 14.7. The summed E-state index contributed by atoms with van der Waals surface area (Å²) in [6, 6.07) is 14.3. The van der Waals surface area contributed by atoms with E-state index in [1.54, 1.807) is 0 Å². The van der Waals surface area contributed by atoms with Gasteiger partial charge < -0.3 is 9.47 Å². The molecule has 3 nitrogen and oxygen atoms in total. The number of carbonyl (C=O) groups excluding carboxylic acids is 1. The molecule has 0 saturated carbocycles. The van der Waals surface area contributed by atoms with Gasteiger partial charge in [-0.1, -0.05) is 18.2 Å². The summed E-state index contributed by atoms with van der Waals surface area (Å²) < 4.78 is 1.90. The zero-order valence-corrected chi connectivity index (χ0v) is 13.1. The normalized spacial score (nSPS) is 18.1. The highest BCUT2D eigenvalue weighted by molar-refractivity contribution is 7.99. The number of thioether (sulfide) groups is 1. The van der Waals surface area contributed by atoms with Crippen LogP contribution in [0.1, 0.15) is 16.9 Å². The fourth-order valence-electron chi connectivity index (χ4n) is 2.73. The summed E-state index contributed by atoms with van der Waals surface area (Å²) in [7, 11) is 1.92. The van der Waals surface area contributed by atoms with Crippen LogP contribution >= 0.6 is 11.8 Å². The summed E-state index contributed by atoms with van der Waals surface area (Å²) in [6.45, 7) is 1.76. The Kier molecular flexibility index (Phi) is 4.34. The summed E-state index contributed by atoms with van der Waals surface area (Å²) >= 11 is 1.89. The van der Waals surface area contributed by atoms with Crippen LogP contribution in [0.15, 0.2) is 53.6 Å². The van der Waals surface area contributed by atoms with Crippen molar-refractivity contribution in [2.45, 2.75) is 11.3 Å². The number of amides is 1. The van der Waals surface area contributed by atoms with Crippen molar-refractivity contribution >= 4 is 17.7 Å². The molecule has 0 unspecified atom stereocenters. The van der Waals surface area contributed by atoms with Gasteiger partial charge in [-0.05, 0) is 36.6 Å². The van der Waals surface area contributed by atoms with Crippen molar-refractivity contribution in [1.82, 2.24) is 9.47 Å². The third kappa shape index (κ3) is 3.32. The molecule has 4 heteroatoms. The maximum absolute atomic E-state index is 12.4. The minimum atomic E-state index is 0.162. The molecular formula is C17H20N2OS. The van der Waals surface area contributed by atoms with Crippen LogP contribution in [0.25, 0.3) is 0 Å². The van der Waals surface area contributed by atoms with Crippen LogP contribution < -0.4 is 0 Å². The molecule has 0 bridgehead atoms. The van der Waals surface area contributed by atoms with Gasteiger partial charge in [0.05, 0.1) is 0 Å². The largest absolute Gasteiger partial charge is 0.347 e. The molecule has 1 fully saturated rings. The van der Waals surface area contributed by atoms with E-state index in [2.05, 4.69) is 24.3 Å². The molecule has 1 aromatic carbocycles. The number of nitrogens with zero attached hydrogens (tertiary/aromatic N) is 2. The Morgan fingerprint density at radius 1 is 1.24 bits per heavy atom. The first-order valence-electron chi connectivity index (χ1n) is 7.32. The van der Waals surface area contributed by atoms with Crippen LogP contribution in [0.4, 0.5) is 0 Å². The minimum Gasteiger partial charge on any atom is -0.347 e.